The van der Waals surface area contributed by atoms with E-state index >= 15 is 0 Å². The number of aryl methyl sites for hydroxylation is 1. The van der Waals surface area contributed by atoms with Crippen LogP contribution in [0.5, 0.6) is 0 Å². The zero-order chi connectivity index (χ0) is 16.2. The summed E-state index contributed by atoms with van der Waals surface area (Å²) in [4.78, 5) is 13.0. The number of aliphatic hydroxyl groups is 1. The number of hydrogen-bond acceptors (Lipinski definition) is 3. The molecule has 1 aliphatic rings. The van der Waals surface area contributed by atoms with Crippen molar-refractivity contribution in [3.63, 3.8) is 0 Å². The molecule has 1 amide bonds. The summed E-state index contributed by atoms with van der Waals surface area (Å²) in [5.41, 5.74) is 1.72. The first-order valence-electron chi connectivity index (χ1n) is 8.08. The van der Waals surface area contributed by atoms with Gasteiger partial charge in [-0.3, -0.25) is 4.79 Å². The van der Waals surface area contributed by atoms with Crippen LogP contribution in [0.4, 0.5) is 0 Å². The molecule has 1 aromatic carbocycles. The van der Waals surface area contributed by atoms with E-state index in [9.17, 15) is 9.90 Å². The minimum atomic E-state index is -0.517. The van der Waals surface area contributed by atoms with Gasteiger partial charge >= 0.3 is 0 Å². The molecule has 1 aliphatic heterocycles. The van der Waals surface area contributed by atoms with Crippen molar-refractivity contribution in [2.75, 3.05) is 13.2 Å². The smallest absolute Gasteiger partial charge is 0.231 e. The third kappa shape index (κ3) is 3.68. The molecule has 2 atom stereocenters. The molecule has 1 saturated heterocycles. The zero-order valence-corrected chi connectivity index (χ0v) is 13.8. The number of benzene rings is 1. The lowest BCUT2D eigenvalue weighted by Crippen LogP contribution is -2.51. The van der Waals surface area contributed by atoms with Gasteiger partial charge in [0.05, 0.1) is 11.5 Å². The fourth-order valence-electron chi connectivity index (χ4n) is 3.38. The largest absolute Gasteiger partial charge is 0.393 e. The Morgan fingerprint density at radius 2 is 1.95 bits per heavy atom. The number of carbonyl (C=O) groups excluding carboxylic acids is 1. The molecule has 0 saturated carbocycles. The highest BCUT2D eigenvalue weighted by molar-refractivity contribution is 5.89. The van der Waals surface area contributed by atoms with Crippen LogP contribution >= 0.6 is 0 Å². The van der Waals surface area contributed by atoms with E-state index in [-0.39, 0.29) is 11.9 Å². The summed E-state index contributed by atoms with van der Waals surface area (Å²) in [6, 6.07) is 8.06. The lowest BCUT2D eigenvalue weighted by atomic mass is 9.71. The quantitative estimate of drug-likeness (QED) is 0.878. The molecule has 0 unspecified atom stereocenters. The van der Waals surface area contributed by atoms with Crippen molar-refractivity contribution in [1.82, 2.24) is 5.32 Å². The molecular weight excluding hydrogens is 278 g/mol. The maximum atomic E-state index is 13.0. The molecule has 122 valence electrons. The molecule has 0 aromatic heterocycles. The van der Waals surface area contributed by atoms with E-state index in [4.69, 9.17) is 4.74 Å². The van der Waals surface area contributed by atoms with E-state index in [1.165, 1.54) is 0 Å². The minimum Gasteiger partial charge on any atom is -0.393 e. The van der Waals surface area contributed by atoms with E-state index in [1.807, 2.05) is 19.1 Å². The van der Waals surface area contributed by atoms with Crippen molar-refractivity contribution in [3.8, 4) is 0 Å². The fraction of sp³-hybridized carbons (Fsp3) is 0.611. The summed E-state index contributed by atoms with van der Waals surface area (Å²) in [6.07, 6.45) is 1.54. The third-order valence-corrected chi connectivity index (χ3v) is 4.51. The summed E-state index contributed by atoms with van der Waals surface area (Å²) in [5, 5.41) is 12.6. The molecule has 1 aromatic rings. The maximum absolute atomic E-state index is 13.0. The Morgan fingerprint density at radius 1 is 1.32 bits per heavy atom. The van der Waals surface area contributed by atoms with Crippen LogP contribution in [0.3, 0.4) is 0 Å². The lowest BCUT2D eigenvalue weighted by molar-refractivity contribution is -0.131. The highest BCUT2D eigenvalue weighted by Crippen LogP contribution is 2.37. The Labute approximate surface area is 132 Å². The van der Waals surface area contributed by atoms with Gasteiger partial charge in [-0.2, -0.15) is 0 Å². The number of hydrogen-bond donors (Lipinski definition) is 2. The van der Waals surface area contributed by atoms with Crippen molar-refractivity contribution in [2.45, 2.75) is 57.6 Å². The number of aliphatic hydroxyl groups excluding tert-OH is 1. The number of rotatable bonds is 5. The standard InChI is InChI=1S/C18H27NO3/c1-13-6-4-5-7-16(13)18(8-10-22-11-9-18)17(21)19-14(2)12-15(3)20/h4-7,14-15,20H,8-12H2,1-3H3,(H,19,21)/t14-,15+/m0/s1. The average Bonchev–Trinajstić information content (AvgIpc) is 2.47. The van der Waals surface area contributed by atoms with Gasteiger partial charge in [0, 0.05) is 19.3 Å². The number of carbonyl (C=O) groups is 1. The van der Waals surface area contributed by atoms with Crippen molar-refractivity contribution in [1.29, 1.82) is 0 Å². The van der Waals surface area contributed by atoms with E-state index in [1.54, 1.807) is 6.92 Å². The Bertz CT molecular complexity index is 507. The third-order valence-electron chi connectivity index (χ3n) is 4.51. The Balaban J connectivity index is 2.26. The Kier molecular flexibility index (Phi) is 5.59. The van der Waals surface area contributed by atoms with Crippen LogP contribution in [-0.2, 0) is 14.9 Å². The van der Waals surface area contributed by atoms with Crippen molar-refractivity contribution >= 4 is 5.91 Å². The lowest BCUT2D eigenvalue weighted by Gasteiger charge is -2.38. The van der Waals surface area contributed by atoms with E-state index in [0.717, 1.165) is 11.1 Å². The molecule has 1 heterocycles. The van der Waals surface area contributed by atoms with Gasteiger partial charge in [0.25, 0.3) is 0 Å². The fourth-order valence-corrected chi connectivity index (χ4v) is 3.38. The van der Waals surface area contributed by atoms with Gasteiger partial charge in [-0.15, -0.1) is 0 Å². The van der Waals surface area contributed by atoms with Gasteiger partial charge in [-0.05, 0) is 51.2 Å². The molecule has 0 aliphatic carbocycles. The van der Waals surface area contributed by atoms with E-state index in [0.29, 0.717) is 32.5 Å². The monoisotopic (exact) mass is 305 g/mol. The second kappa shape index (κ2) is 7.25. The van der Waals surface area contributed by atoms with Crippen LogP contribution in [-0.4, -0.2) is 36.4 Å². The SMILES string of the molecule is Cc1ccccc1C1(C(=O)N[C@@H](C)C[C@@H](C)O)CCOCC1. The summed E-state index contributed by atoms with van der Waals surface area (Å²) < 4.78 is 5.49. The van der Waals surface area contributed by atoms with Crippen LogP contribution in [0.15, 0.2) is 24.3 Å². The van der Waals surface area contributed by atoms with Crippen LogP contribution in [0.1, 0.15) is 44.2 Å². The highest BCUT2D eigenvalue weighted by atomic mass is 16.5. The van der Waals surface area contributed by atoms with Gasteiger partial charge < -0.3 is 15.2 Å². The molecule has 22 heavy (non-hydrogen) atoms. The average molecular weight is 305 g/mol. The number of amides is 1. The molecular formula is C18H27NO3. The molecule has 0 bridgehead atoms. The second-order valence-electron chi connectivity index (χ2n) is 6.47. The maximum Gasteiger partial charge on any atom is 0.231 e. The van der Waals surface area contributed by atoms with Crippen molar-refractivity contribution in [3.05, 3.63) is 35.4 Å². The molecule has 0 radical (unpaired) electrons. The van der Waals surface area contributed by atoms with Crippen molar-refractivity contribution < 1.29 is 14.6 Å². The number of nitrogens with one attached hydrogen (secondary N) is 1. The first-order chi connectivity index (χ1) is 10.5. The first-order valence-corrected chi connectivity index (χ1v) is 8.08. The Morgan fingerprint density at radius 3 is 2.55 bits per heavy atom. The second-order valence-corrected chi connectivity index (χ2v) is 6.47. The van der Waals surface area contributed by atoms with E-state index < -0.39 is 11.5 Å². The summed E-state index contributed by atoms with van der Waals surface area (Å²) >= 11 is 0. The molecule has 4 heteroatoms. The zero-order valence-electron chi connectivity index (χ0n) is 13.8. The highest BCUT2D eigenvalue weighted by Gasteiger charge is 2.42. The molecule has 2 N–H and O–H groups in total. The van der Waals surface area contributed by atoms with Gasteiger partial charge in [0.1, 0.15) is 0 Å². The normalized spacial score (nSPS) is 20.2. The predicted octanol–water partition coefficient (Wildman–Crippen LogP) is 2.32. The minimum absolute atomic E-state index is 0.0451. The van der Waals surface area contributed by atoms with Gasteiger partial charge in [-0.25, -0.2) is 0 Å². The predicted molar refractivity (Wildman–Crippen MR) is 86.8 cm³/mol. The van der Waals surface area contributed by atoms with Crippen molar-refractivity contribution in [2.24, 2.45) is 0 Å². The summed E-state index contributed by atoms with van der Waals surface area (Å²) in [7, 11) is 0. The molecule has 2 rings (SSSR count). The summed E-state index contributed by atoms with van der Waals surface area (Å²) in [6.45, 7) is 6.95. The number of ether oxygens (including phenoxy) is 1. The van der Waals surface area contributed by atoms with Crippen LogP contribution < -0.4 is 5.32 Å². The van der Waals surface area contributed by atoms with E-state index in [2.05, 4.69) is 24.4 Å². The van der Waals surface area contributed by atoms with Crippen LogP contribution in [0.2, 0.25) is 0 Å². The van der Waals surface area contributed by atoms with Gasteiger partial charge in [0.2, 0.25) is 5.91 Å². The molecule has 4 nitrogen and oxygen atoms in total. The van der Waals surface area contributed by atoms with Gasteiger partial charge in [-0.1, -0.05) is 24.3 Å². The van der Waals surface area contributed by atoms with Crippen LogP contribution in [0.25, 0.3) is 0 Å². The summed E-state index contributed by atoms with van der Waals surface area (Å²) in [5.74, 6) is 0.0539. The van der Waals surface area contributed by atoms with Gasteiger partial charge in [0.15, 0.2) is 0 Å². The topological polar surface area (TPSA) is 58.6 Å². The Hall–Kier alpha value is -1.39. The molecule has 1 fully saturated rings. The van der Waals surface area contributed by atoms with Crippen LogP contribution in [0, 0.1) is 6.92 Å². The first kappa shape index (κ1) is 17.0. The molecule has 0 spiro atoms.